The Morgan fingerprint density at radius 3 is 2.31 bits per heavy atom. The van der Waals surface area contributed by atoms with Gasteiger partial charge in [0.2, 0.25) is 0 Å². The van der Waals surface area contributed by atoms with Crippen molar-refractivity contribution in [2.75, 3.05) is 44.2 Å². The van der Waals surface area contributed by atoms with Crippen molar-refractivity contribution in [3.05, 3.63) is 48.0 Å². The average Bonchev–Trinajstić information content (AvgIpc) is 3.33. The van der Waals surface area contributed by atoms with Crippen LogP contribution in [-0.2, 0) is 6.18 Å². The summed E-state index contributed by atoms with van der Waals surface area (Å²) in [5.41, 5.74) is 1.11. The van der Waals surface area contributed by atoms with Crippen LogP contribution >= 0.6 is 11.8 Å². The number of hydrogen-bond donors (Lipinski definition) is 0. The molecule has 0 aromatic heterocycles. The molecule has 0 saturated carbocycles. The van der Waals surface area contributed by atoms with Crippen LogP contribution in [0, 0.1) is 0 Å². The molecule has 3 nitrogen and oxygen atoms in total. The molecule has 32 heavy (non-hydrogen) atoms. The van der Waals surface area contributed by atoms with Gasteiger partial charge in [0, 0.05) is 22.4 Å². The van der Waals surface area contributed by atoms with Crippen molar-refractivity contribution in [3.63, 3.8) is 0 Å². The summed E-state index contributed by atoms with van der Waals surface area (Å²) in [5.74, 6) is 0. The van der Waals surface area contributed by atoms with Crippen molar-refractivity contribution < 1.29 is 13.2 Å². The van der Waals surface area contributed by atoms with Gasteiger partial charge in [-0.3, -0.25) is 0 Å². The molecule has 2 fully saturated rings. The first-order chi connectivity index (χ1) is 15.5. The first-order valence-electron chi connectivity index (χ1n) is 11.7. The van der Waals surface area contributed by atoms with Crippen LogP contribution in [0.2, 0.25) is 0 Å². The number of likely N-dealkylation sites (tertiary alicyclic amines) is 2. The van der Waals surface area contributed by atoms with Gasteiger partial charge in [-0.25, -0.2) is 0 Å². The van der Waals surface area contributed by atoms with Crippen LogP contribution in [0.5, 0.6) is 0 Å². The Morgan fingerprint density at radius 2 is 1.56 bits per heavy atom. The van der Waals surface area contributed by atoms with Crippen molar-refractivity contribution >= 4 is 23.1 Å². The normalized spacial score (nSPS) is 20.4. The van der Waals surface area contributed by atoms with Crippen LogP contribution in [0.1, 0.15) is 37.7 Å². The van der Waals surface area contributed by atoms with E-state index in [1.807, 2.05) is 18.2 Å². The van der Waals surface area contributed by atoms with E-state index in [2.05, 4.69) is 20.8 Å². The molecule has 3 aliphatic heterocycles. The maximum atomic E-state index is 13.4. The van der Waals surface area contributed by atoms with E-state index in [0.717, 1.165) is 54.1 Å². The lowest BCUT2D eigenvalue weighted by Crippen LogP contribution is -2.44. The third kappa shape index (κ3) is 4.66. The Bertz CT molecular complexity index is 934. The van der Waals surface area contributed by atoms with Crippen LogP contribution in [0.15, 0.2) is 52.3 Å². The summed E-state index contributed by atoms with van der Waals surface area (Å²) in [5, 5.41) is 0. The molecule has 0 atom stereocenters. The standard InChI is InChI=1S/C25H30F3N3S/c26-25(27,28)19-8-9-24-22(18-19)31(21-6-1-2-7-23(21)32-24)15-5-12-29-16-10-20(11-17-29)30-13-3-4-14-30/h1-2,6-9,18,20H,3-5,10-17H2. The highest BCUT2D eigenvalue weighted by Gasteiger charge is 2.33. The van der Waals surface area contributed by atoms with Crippen LogP contribution in [0.25, 0.3) is 0 Å². The van der Waals surface area contributed by atoms with Crippen molar-refractivity contribution in [3.8, 4) is 0 Å². The van der Waals surface area contributed by atoms with Crippen molar-refractivity contribution in [2.45, 2.75) is 54.1 Å². The van der Waals surface area contributed by atoms with Gasteiger partial charge < -0.3 is 14.7 Å². The summed E-state index contributed by atoms with van der Waals surface area (Å²) < 4.78 is 40.2. The molecule has 0 bridgehead atoms. The second-order valence-corrected chi connectivity index (χ2v) is 10.2. The molecule has 0 radical (unpaired) electrons. The fourth-order valence-corrected chi connectivity index (χ4v) is 6.39. The Kier molecular flexibility index (Phi) is 6.41. The number of nitrogens with zero attached hydrogens (tertiary/aromatic N) is 3. The Hall–Kier alpha value is -1.70. The summed E-state index contributed by atoms with van der Waals surface area (Å²) in [6.45, 7) is 6.49. The Labute approximate surface area is 192 Å². The van der Waals surface area contributed by atoms with Gasteiger partial charge in [-0.15, -0.1) is 0 Å². The van der Waals surface area contributed by atoms with Gasteiger partial charge in [-0.1, -0.05) is 23.9 Å². The second-order valence-electron chi connectivity index (χ2n) is 9.07. The van der Waals surface area contributed by atoms with Gasteiger partial charge in [0.1, 0.15) is 0 Å². The first kappa shape index (κ1) is 22.1. The van der Waals surface area contributed by atoms with Crippen LogP contribution < -0.4 is 4.90 Å². The van der Waals surface area contributed by atoms with Gasteiger partial charge >= 0.3 is 6.18 Å². The number of anilines is 2. The van der Waals surface area contributed by atoms with Crippen LogP contribution in [0.4, 0.5) is 24.5 Å². The average molecular weight is 462 g/mol. The number of piperidine rings is 1. The molecular formula is C25H30F3N3S. The second kappa shape index (κ2) is 9.27. The van der Waals surface area contributed by atoms with E-state index in [1.54, 1.807) is 17.8 Å². The molecule has 3 aliphatic rings. The monoisotopic (exact) mass is 461 g/mol. The van der Waals surface area contributed by atoms with Crippen molar-refractivity contribution in [1.82, 2.24) is 9.80 Å². The minimum Gasteiger partial charge on any atom is -0.340 e. The molecule has 0 unspecified atom stereocenters. The highest BCUT2D eigenvalue weighted by Crippen LogP contribution is 2.49. The van der Waals surface area contributed by atoms with Crippen molar-refractivity contribution in [1.29, 1.82) is 0 Å². The first-order valence-corrected chi connectivity index (χ1v) is 12.5. The fourth-order valence-electron chi connectivity index (χ4n) is 5.31. The number of alkyl halides is 3. The Balaban J connectivity index is 1.25. The zero-order valence-electron chi connectivity index (χ0n) is 18.3. The van der Waals surface area contributed by atoms with Gasteiger partial charge in [0.15, 0.2) is 0 Å². The number of hydrogen-bond acceptors (Lipinski definition) is 4. The molecule has 0 N–H and O–H groups in total. The lowest BCUT2D eigenvalue weighted by atomic mass is 10.0. The lowest BCUT2D eigenvalue weighted by Gasteiger charge is -2.37. The zero-order valence-corrected chi connectivity index (χ0v) is 19.1. The van der Waals surface area contributed by atoms with Crippen LogP contribution in [0.3, 0.4) is 0 Å². The summed E-state index contributed by atoms with van der Waals surface area (Å²) in [6, 6.07) is 12.9. The lowest BCUT2D eigenvalue weighted by molar-refractivity contribution is -0.137. The molecule has 7 heteroatoms. The molecule has 2 aromatic rings. The van der Waals surface area contributed by atoms with Gasteiger partial charge in [-0.2, -0.15) is 13.2 Å². The largest absolute Gasteiger partial charge is 0.416 e. The van der Waals surface area contributed by atoms with Gasteiger partial charge in [0.05, 0.1) is 16.9 Å². The zero-order chi connectivity index (χ0) is 22.1. The molecule has 172 valence electrons. The maximum Gasteiger partial charge on any atom is 0.416 e. The molecule has 0 amide bonds. The summed E-state index contributed by atoms with van der Waals surface area (Å²) in [4.78, 5) is 9.28. The molecule has 2 saturated heterocycles. The van der Waals surface area contributed by atoms with Crippen molar-refractivity contribution in [2.24, 2.45) is 0 Å². The summed E-state index contributed by atoms with van der Waals surface area (Å²) in [7, 11) is 0. The molecule has 2 aromatic carbocycles. The minimum atomic E-state index is -4.33. The third-order valence-electron chi connectivity index (χ3n) is 7.02. The topological polar surface area (TPSA) is 9.72 Å². The minimum absolute atomic E-state index is 0.579. The van der Waals surface area contributed by atoms with Crippen LogP contribution in [-0.4, -0.2) is 55.1 Å². The molecule has 0 spiro atoms. The van der Waals surface area contributed by atoms with E-state index >= 15 is 0 Å². The predicted molar refractivity (Wildman–Crippen MR) is 124 cm³/mol. The quantitative estimate of drug-likeness (QED) is 0.520. The van der Waals surface area contributed by atoms with E-state index in [1.165, 1.54) is 50.9 Å². The fraction of sp³-hybridized carbons (Fsp3) is 0.520. The number of para-hydroxylation sites is 1. The summed E-state index contributed by atoms with van der Waals surface area (Å²) in [6.07, 6.45) is 1.76. The highest BCUT2D eigenvalue weighted by molar-refractivity contribution is 7.99. The smallest absolute Gasteiger partial charge is 0.340 e. The van der Waals surface area contributed by atoms with E-state index in [4.69, 9.17) is 0 Å². The number of benzene rings is 2. The number of fused-ring (bicyclic) bond motifs is 2. The van der Waals surface area contributed by atoms with E-state index in [-0.39, 0.29) is 0 Å². The number of rotatable bonds is 5. The molecule has 0 aliphatic carbocycles. The van der Waals surface area contributed by atoms with E-state index < -0.39 is 11.7 Å². The highest BCUT2D eigenvalue weighted by atomic mass is 32.2. The predicted octanol–water partition coefficient (Wildman–Crippen LogP) is 6.26. The SMILES string of the molecule is FC(F)(F)c1ccc2c(c1)N(CCCN1CCC(N3CCCC3)CC1)c1ccccc1S2. The molecule has 3 heterocycles. The van der Waals surface area contributed by atoms with E-state index in [0.29, 0.717) is 5.69 Å². The van der Waals surface area contributed by atoms with Gasteiger partial charge in [-0.05, 0) is 95.2 Å². The Morgan fingerprint density at radius 1 is 0.844 bits per heavy atom. The van der Waals surface area contributed by atoms with E-state index in [9.17, 15) is 13.2 Å². The molecular weight excluding hydrogens is 431 g/mol. The maximum absolute atomic E-state index is 13.4. The number of halogens is 3. The van der Waals surface area contributed by atoms with Gasteiger partial charge in [0.25, 0.3) is 0 Å². The molecule has 5 rings (SSSR count). The third-order valence-corrected chi connectivity index (χ3v) is 8.15. The summed E-state index contributed by atoms with van der Waals surface area (Å²) >= 11 is 1.56.